The Balaban J connectivity index is 1.28. The molecule has 6 nitrogen and oxygen atoms in total. The first-order valence-corrected chi connectivity index (χ1v) is 11.5. The number of likely N-dealkylation sites (tertiary alicyclic amines) is 2. The summed E-state index contributed by atoms with van der Waals surface area (Å²) in [6.45, 7) is 5.06. The number of hydrogen-bond donors (Lipinski definition) is 1. The quantitative estimate of drug-likeness (QED) is 0.760. The van der Waals surface area contributed by atoms with Crippen LogP contribution in [-0.4, -0.2) is 47.2 Å². The Kier molecular flexibility index (Phi) is 6.88. The lowest BCUT2D eigenvalue weighted by Crippen LogP contribution is -2.43. The molecule has 0 spiro atoms. The molecule has 6 heteroatoms. The van der Waals surface area contributed by atoms with Gasteiger partial charge in [0.15, 0.2) is 0 Å². The van der Waals surface area contributed by atoms with E-state index in [4.69, 9.17) is 0 Å². The molecule has 0 saturated carbocycles. The summed E-state index contributed by atoms with van der Waals surface area (Å²) < 4.78 is 0. The topological polar surface area (TPSA) is 69.7 Å². The van der Waals surface area contributed by atoms with Crippen LogP contribution in [0.2, 0.25) is 0 Å². The number of carbonyl (C=O) groups is 3. The molecule has 168 valence electrons. The monoisotopic (exact) mass is 433 g/mol. The van der Waals surface area contributed by atoms with Gasteiger partial charge in [-0.05, 0) is 49.4 Å². The second kappa shape index (κ2) is 9.98. The Morgan fingerprint density at radius 2 is 1.66 bits per heavy atom. The molecule has 32 heavy (non-hydrogen) atoms. The number of hydrogen-bond acceptors (Lipinski definition) is 3. The van der Waals surface area contributed by atoms with Crippen molar-refractivity contribution in [2.45, 2.75) is 45.7 Å². The first kappa shape index (κ1) is 22.1. The Bertz CT molecular complexity index is 978. The molecule has 2 aliphatic heterocycles. The minimum absolute atomic E-state index is 0.0363. The van der Waals surface area contributed by atoms with E-state index < -0.39 is 0 Å². The summed E-state index contributed by atoms with van der Waals surface area (Å²) in [6.07, 6.45) is 2.90. The zero-order valence-electron chi connectivity index (χ0n) is 18.7. The zero-order valence-corrected chi connectivity index (χ0v) is 18.7. The van der Waals surface area contributed by atoms with Gasteiger partial charge in [0.1, 0.15) is 0 Å². The van der Waals surface area contributed by atoms with E-state index in [1.807, 2.05) is 65.3 Å². The predicted octanol–water partition coefficient (Wildman–Crippen LogP) is 3.29. The summed E-state index contributed by atoms with van der Waals surface area (Å²) in [5.74, 6) is 0.203. The van der Waals surface area contributed by atoms with Crippen molar-refractivity contribution in [3.8, 4) is 0 Å². The van der Waals surface area contributed by atoms with E-state index in [9.17, 15) is 14.4 Å². The van der Waals surface area contributed by atoms with Crippen LogP contribution in [0.1, 0.15) is 52.7 Å². The molecule has 4 rings (SSSR count). The number of rotatable bonds is 6. The third-order valence-corrected chi connectivity index (χ3v) is 6.56. The van der Waals surface area contributed by atoms with Gasteiger partial charge in [-0.2, -0.15) is 0 Å². The fourth-order valence-electron chi connectivity index (χ4n) is 4.51. The van der Waals surface area contributed by atoms with Crippen molar-refractivity contribution in [2.24, 2.45) is 5.92 Å². The summed E-state index contributed by atoms with van der Waals surface area (Å²) >= 11 is 0. The van der Waals surface area contributed by atoms with Crippen molar-refractivity contribution >= 4 is 17.7 Å². The molecule has 2 aromatic rings. The predicted molar refractivity (Wildman–Crippen MR) is 123 cm³/mol. The molecule has 0 atom stereocenters. The lowest BCUT2D eigenvalue weighted by molar-refractivity contribution is -0.128. The lowest BCUT2D eigenvalue weighted by Gasteiger charge is -2.31. The maximum absolute atomic E-state index is 12.8. The Morgan fingerprint density at radius 1 is 0.969 bits per heavy atom. The molecule has 2 fully saturated rings. The maximum atomic E-state index is 12.8. The van der Waals surface area contributed by atoms with Crippen molar-refractivity contribution in [1.29, 1.82) is 0 Å². The van der Waals surface area contributed by atoms with Crippen LogP contribution in [0.5, 0.6) is 0 Å². The van der Waals surface area contributed by atoms with Crippen LogP contribution in [-0.2, 0) is 22.7 Å². The van der Waals surface area contributed by atoms with Gasteiger partial charge in [0, 0.05) is 50.6 Å². The van der Waals surface area contributed by atoms with Gasteiger partial charge >= 0.3 is 0 Å². The number of nitrogens with zero attached hydrogens (tertiary/aromatic N) is 2. The molecule has 1 N–H and O–H groups in total. The molecule has 2 heterocycles. The fourth-order valence-corrected chi connectivity index (χ4v) is 4.51. The van der Waals surface area contributed by atoms with Crippen LogP contribution >= 0.6 is 0 Å². The first-order chi connectivity index (χ1) is 15.5. The van der Waals surface area contributed by atoms with Crippen LogP contribution in [0.15, 0.2) is 48.5 Å². The van der Waals surface area contributed by atoms with E-state index >= 15 is 0 Å². The largest absolute Gasteiger partial charge is 0.352 e. The number of aryl methyl sites for hydroxylation is 1. The highest BCUT2D eigenvalue weighted by molar-refractivity contribution is 5.94. The van der Waals surface area contributed by atoms with Gasteiger partial charge in [-0.15, -0.1) is 0 Å². The van der Waals surface area contributed by atoms with Gasteiger partial charge in [-0.25, -0.2) is 0 Å². The van der Waals surface area contributed by atoms with Gasteiger partial charge in [-0.1, -0.05) is 42.0 Å². The van der Waals surface area contributed by atoms with Crippen molar-refractivity contribution in [1.82, 2.24) is 15.1 Å². The summed E-state index contributed by atoms with van der Waals surface area (Å²) in [7, 11) is 0. The Labute approximate surface area is 189 Å². The fraction of sp³-hybridized carbons (Fsp3) is 0.423. The van der Waals surface area contributed by atoms with Crippen molar-refractivity contribution in [2.75, 3.05) is 19.6 Å². The molecule has 3 amide bonds. The molecular weight excluding hydrogens is 402 g/mol. The minimum atomic E-state index is -0.0793. The standard InChI is InChI=1S/C26H31N3O3/c1-19-8-10-21(11-9-19)26(32)28-15-12-20(13-16-28)25(31)27-17-22-5-2-3-6-23(22)18-29-14-4-7-24(29)30/h2-3,5-6,8-11,20H,4,7,12-18H2,1H3,(H,27,31). The average molecular weight is 434 g/mol. The molecule has 2 saturated heterocycles. The van der Waals surface area contributed by atoms with Gasteiger partial charge in [0.25, 0.3) is 5.91 Å². The Hall–Kier alpha value is -3.15. The number of piperidine rings is 1. The van der Waals surface area contributed by atoms with E-state index in [-0.39, 0.29) is 23.6 Å². The average Bonchev–Trinajstić information content (AvgIpc) is 3.22. The van der Waals surface area contributed by atoms with Gasteiger partial charge in [-0.3, -0.25) is 14.4 Å². The summed E-state index contributed by atoms with van der Waals surface area (Å²) in [4.78, 5) is 41.2. The van der Waals surface area contributed by atoms with E-state index in [0.717, 1.165) is 29.7 Å². The normalized spacial score (nSPS) is 17.0. The van der Waals surface area contributed by atoms with Gasteiger partial charge in [0.2, 0.25) is 11.8 Å². The summed E-state index contributed by atoms with van der Waals surface area (Å²) in [5.41, 5.74) is 3.96. The number of nitrogens with one attached hydrogen (secondary N) is 1. The first-order valence-electron chi connectivity index (χ1n) is 11.5. The number of carbonyl (C=O) groups excluding carboxylic acids is 3. The molecule has 2 aliphatic rings. The second-order valence-electron chi connectivity index (χ2n) is 8.84. The molecule has 0 bridgehead atoms. The molecule has 0 aromatic heterocycles. The molecule has 0 radical (unpaired) electrons. The maximum Gasteiger partial charge on any atom is 0.253 e. The van der Waals surface area contributed by atoms with Crippen LogP contribution in [0.3, 0.4) is 0 Å². The van der Waals surface area contributed by atoms with Crippen molar-refractivity contribution in [3.05, 3.63) is 70.8 Å². The van der Waals surface area contributed by atoms with E-state index in [1.54, 1.807) is 0 Å². The highest BCUT2D eigenvalue weighted by Gasteiger charge is 2.28. The highest BCUT2D eigenvalue weighted by Crippen LogP contribution is 2.21. The van der Waals surface area contributed by atoms with E-state index in [0.29, 0.717) is 51.0 Å². The van der Waals surface area contributed by atoms with Crippen molar-refractivity contribution < 1.29 is 14.4 Å². The number of amides is 3. The molecular formula is C26H31N3O3. The number of benzene rings is 2. The second-order valence-corrected chi connectivity index (χ2v) is 8.84. The van der Waals surface area contributed by atoms with Crippen LogP contribution in [0.25, 0.3) is 0 Å². The minimum Gasteiger partial charge on any atom is -0.352 e. The van der Waals surface area contributed by atoms with Crippen LogP contribution in [0.4, 0.5) is 0 Å². The van der Waals surface area contributed by atoms with E-state index in [2.05, 4.69) is 5.32 Å². The van der Waals surface area contributed by atoms with Crippen LogP contribution in [0, 0.1) is 12.8 Å². The molecule has 0 aliphatic carbocycles. The van der Waals surface area contributed by atoms with Crippen molar-refractivity contribution in [3.63, 3.8) is 0 Å². The van der Waals surface area contributed by atoms with Crippen LogP contribution < -0.4 is 5.32 Å². The van der Waals surface area contributed by atoms with Gasteiger partial charge < -0.3 is 15.1 Å². The zero-order chi connectivity index (χ0) is 22.5. The molecule has 0 unspecified atom stereocenters. The van der Waals surface area contributed by atoms with Gasteiger partial charge in [0.05, 0.1) is 0 Å². The Morgan fingerprint density at radius 3 is 2.31 bits per heavy atom. The SMILES string of the molecule is Cc1ccc(C(=O)N2CCC(C(=O)NCc3ccccc3CN3CCCC3=O)CC2)cc1. The highest BCUT2D eigenvalue weighted by atomic mass is 16.2. The third-order valence-electron chi connectivity index (χ3n) is 6.56. The summed E-state index contributed by atoms with van der Waals surface area (Å²) in [5, 5.41) is 3.08. The lowest BCUT2D eigenvalue weighted by atomic mass is 9.95. The summed E-state index contributed by atoms with van der Waals surface area (Å²) in [6, 6.07) is 15.6. The molecule has 2 aromatic carbocycles. The van der Waals surface area contributed by atoms with E-state index in [1.165, 1.54) is 0 Å². The third kappa shape index (κ3) is 5.18. The smallest absolute Gasteiger partial charge is 0.253 e.